The smallest absolute Gasteiger partial charge is 0.206 e. The lowest BCUT2D eigenvalue weighted by atomic mass is 10.1. The first-order valence-electron chi connectivity index (χ1n) is 8.17. The highest BCUT2D eigenvalue weighted by Crippen LogP contribution is 2.30. The van der Waals surface area contributed by atoms with E-state index in [1.54, 1.807) is 23.1 Å². The zero-order valence-corrected chi connectivity index (χ0v) is 14.9. The number of nitrogens with zero attached hydrogens (tertiary/aromatic N) is 2. The van der Waals surface area contributed by atoms with Crippen LogP contribution in [-0.2, 0) is 10.5 Å². The van der Waals surface area contributed by atoms with E-state index >= 15 is 0 Å². The summed E-state index contributed by atoms with van der Waals surface area (Å²) in [6.45, 7) is 1.71. The summed E-state index contributed by atoms with van der Waals surface area (Å²) in [4.78, 5) is 0. The third-order valence-corrected chi connectivity index (χ3v) is 6.21. The lowest BCUT2D eigenvalue weighted by Crippen LogP contribution is -2.18. The van der Waals surface area contributed by atoms with Gasteiger partial charge in [0.05, 0.1) is 6.10 Å². The number of benzene rings is 2. The molecule has 6 heteroatoms. The molecule has 0 saturated carbocycles. The Morgan fingerprint density at radius 3 is 3.00 bits per heavy atom. The molecule has 0 aliphatic carbocycles. The maximum absolute atomic E-state index is 5.62. The molecule has 0 unspecified atom stereocenters. The lowest BCUT2D eigenvalue weighted by Gasteiger charge is -2.08. The van der Waals surface area contributed by atoms with E-state index in [4.69, 9.17) is 4.74 Å². The minimum Gasteiger partial charge on any atom is -0.376 e. The molecule has 0 spiro atoms. The SMILES string of the molecule is c1ccc2c(CSc3nnc(NC[C@@H]4CCCO4)s3)cccc2c1. The third kappa shape index (κ3) is 3.71. The van der Waals surface area contributed by atoms with Gasteiger partial charge in [-0.05, 0) is 29.2 Å². The van der Waals surface area contributed by atoms with E-state index in [0.29, 0.717) is 6.10 Å². The molecule has 124 valence electrons. The van der Waals surface area contributed by atoms with Crippen molar-refractivity contribution >= 4 is 39.0 Å². The van der Waals surface area contributed by atoms with Crippen molar-refractivity contribution in [1.29, 1.82) is 0 Å². The van der Waals surface area contributed by atoms with Crippen LogP contribution in [0.1, 0.15) is 18.4 Å². The first-order chi connectivity index (χ1) is 11.9. The maximum atomic E-state index is 5.62. The van der Waals surface area contributed by atoms with Crippen LogP contribution in [0.15, 0.2) is 46.8 Å². The van der Waals surface area contributed by atoms with Gasteiger partial charge < -0.3 is 10.1 Å². The van der Waals surface area contributed by atoms with Crippen LogP contribution in [0.25, 0.3) is 10.8 Å². The minimum absolute atomic E-state index is 0.320. The predicted octanol–water partition coefficient (Wildman–Crippen LogP) is 4.57. The molecule has 0 radical (unpaired) electrons. The molecule has 1 aliphatic rings. The summed E-state index contributed by atoms with van der Waals surface area (Å²) in [6.07, 6.45) is 2.61. The van der Waals surface area contributed by atoms with Crippen LogP contribution in [0, 0.1) is 0 Å². The highest BCUT2D eigenvalue weighted by Gasteiger charge is 2.16. The molecule has 0 amide bonds. The first kappa shape index (κ1) is 15.9. The zero-order chi connectivity index (χ0) is 16.2. The standard InChI is InChI=1S/C18H19N3OS2/c1-2-9-16-13(5-1)6-3-7-14(16)12-23-18-21-20-17(24-18)19-11-15-8-4-10-22-15/h1-3,5-7,9,15H,4,8,10-12H2,(H,19,20)/t15-/m0/s1. The van der Waals surface area contributed by atoms with E-state index in [2.05, 4.69) is 58.0 Å². The van der Waals surface area contributed by atoms with E-state index in [1.165, 1.54) is 16.3 Å². The summed E-state index contributed by atoms with van der Waals surface area (Å²) >= 11 is 3.36. The molecule has 2 aromatic carbocycles. The number of anilines is 1. The molecule has 2 heterocycles. The second-order valence-corrected chi connectivity index (χ2v) is 8.02. The summed E-state index contributed by atoms with van der Waals surface area (Å²) in [6, 6.07) is 15.0. The van der Waals surface area contributed by atoms with Crippen molar-refractivity contribution in [3.63, 3.8) is 0 Å². The fourth-order valence-corrected chi connectivity index (χ4v) is 4.67. The maximum Gasteiger partial charge on any atom is 0.206 e. The largest absolute Gasteiger partial charge is 0.376 e. The minimum atomic E-state index is 0.320. The Balaban J connectivity index is 1.37. The molecular formula is C18H19N3OS2. The molecule has 1 N–H and O–H groups in total. The van der Waals surface area contributed by atoms with Crippen LogP contribution in [0.2, 0.25) is 0 Å². The van der Waals surface area contributed by atoms with Gasteiger partial charge in [0.2, 0.25) is 5.13 Å². The van der Waals surface area contributed by atoms with Gasteiger partial charge in [0, 0.05) is 18.9 Å². The van der Waals surface area contributed by atoms with Crippen molar-refractivity contribution in [2.45, 2.75) is 29.0 Å². The number of hydrogen-bond donors (Lipinski definition) is 1. The molecule has 1 atom stereocenters. The molecular weight excluding hydrogens is 338 g/mol. The quantitative estimate of drug-likeness (QED) is 0.655. The third-order valence-electron chi connectivity index (χ3n) is 4.14. The average Bonchev–Trinajstić information content (AvgIpc) is 3.30. The van der Waals surface area contributed by atoms with Gasteiger partial charge in [-0.1, -0.05) is 65.6 Å². The second-order valence-electron chi connectivity index (χ2n) is 5.82. The monoisotopic (exact) mass is 357 g/mol. The summed E-state index contributed by atoms with van der Waals surface area (Å²) in [5.74, 6) is 0.904. The van der Waals surface area contributed by atoms with Gasteiger partial charge in [-0.25, -0.2) is 0 Å². The molecule has 4 nitrogen and oxygen atoms in total. The number of ether oxygens (including phenoxy) is 1. The first-order valence-corrected chi connectivity index (χ1v) is 9.97. The van der Waals surface area contributed by atoms with Gasteiger partial charge in [-0.2, -0.15) is 0 Å². The Hall–Kier alpha value is -1.63. The van der Waals surface area contributed by atoms with E-state index in [-0.39, 0.29) is 0 Å². The van der Waals surface area contributed by atoms with Crippen molar-refractivity contribution < 1.29 is 4.74 Å². The number of hydrogen-bond acceptors (Lipinski definition) is 6. The number of rotatable bonds is 6. The van der Waals surface area contributed by atoms with Crippen molar-refractivity contribution in [2.75, 3.05) is 18.5 Å². The molecule has 1 aliphatic heterocycles. The second kappa shape index (κ2) is 7.51. The van der Waals surface area contributed by atoms with Crippen molar-refractivity contribution in [1.82, 2.24) is 10.2 Å². The van der Waals surface area contributed by atoms with E-state index in [9.17, 15) is 0 Å². The summed E-state index contributed by atoms with van der Waals surface area (Å²) in [5.41, 5.74) is 1.34. The van der Waals surface area contributed by atoms with E-state index in [1.807, 2.05) is 0 Å². The van der Waals surface area contributed by atoms with Gasteiger partial charge in [0.25, 0.3) is 0 Å². The molecule has 1 saturated heterocycles. The summed E-state index contributed by atoms with van der Waals surface area (Å²) in [5, 5.41) is 15.3. The van der Waals surface area contributed by atoms with Crippen molar-refractivity contribution in [3.8, 4) is 0 Å². The van der Waals surface area contributed by atoms with Crippen LogP contribution in [0.4, 0.5) is 5.13 Å². The molecule has 3 aromatic rings. The van der Waals surface area contributed by atoms with Crippen molar-refractivity contribution in [2.24, 2.45) is 0 Å². The van der Waals surface area contributed by atoms with Gasteiger partial charge >= 0.3 is 0 Å². The zero-order valence-electron chi connectivity index (χ0n) is 13.3. The highest BCUT2D eigenvalue weighted by molar-refractivity contribution is 8.00. The number of fused-ring (bicyclic) bond motifs is 1. The van der Waals surface area contributed by atoms with Crippen LogP contribution >= 0.6 is 23.1 Å². The molecule has 4 rings (SSSR count). The molecule has 1 fully saturated rings. The Labute approximate surface area is 149 Å². The van der Waals surface area contributed by atoms with Gasteiger partial charge in [-0.15, -0.1) is 10.2 Å². The molecule has 1 aromatic heterocycles. The number of nitrogens with one attached hydrogen (secondary N) is 1. The van der Waals surface area contributed by atoms with Gasteiger partial charge in [0.1, 0.15) is 0 Å². The van der Waals surface area contributed by atoms with Gasteiger partial charge in [-0.3, -0.25) is 0 Å². The van der Waals surface area contributed by atoms with E-state index < -0.39 is 0 Å². The van der Waals surface area contributed by atoms with Gasteiger partial charge in [0.15, 0.2) is 4.34 Å². The summed E-state index contributed by atoms with van der Waals surface area (Å²) in [7, 11) is 0. The van der Waals surface area contributed by atoms with Crippen LogP contribution in [-0.4, -0.2) is 29.5 Å². The van der Waals surface area contributed by atoms with E-state index in [0.717, 1.165) is 41.2 Å². The average molecular weight is 358 g/mol. The fourth-order valence-electron chi connectivity index (χ4n) is 2.90. The van der Waals surface area contributed by atoms with Crippen LogP contribution in [0.3, 0.4) is 0 Å². The Morgan fingerprint density at radius 2 is 2.08 bits per heavy atom. The Morgan fingerprint density at radius 1 is 1.17 bits per heavy atom. The van der Waals surface area contributed by atoms with Crippen LogP contribution < -0.4 is 5.32 Å². The topological polar surface area (TPSA) is 47.0 Å². The highest BCUT2D eigenvalue weighted by atomic mass is 32.2. The Kier molecular flexibility index (Phi) is 4.96. The fraction of sp³-hybridized carbons (Fsp3) is 0.333. The molecule has 0 bridgehead atoms. The normalized spacial score (nSPS) is 17.4. The summed E-state index contributed by atoms with van der Waals surface area (Å²) < 4.78 is 6.61. The predicted molar refractivity (Wildman–Crippen MR) is 101 cm³/mol. The molecule has 24 heavy (non-hydrogen) atoms. The number of thioether (sulfide) groups is 1. The Bertz CT molecular complexity index is 809. The van der Waals surface area contributed by atoms with Crippen molar-refractivity contribution in [3.05, 3.63) is 48.0 Å². The van der Waals surface area contributed by atoms with Crippen LogP contribution in [0.5, 0.6) is 0 Å². The lowest BCUT2D eigenvalue weighted by molar-refractivity contribution is 0.120. The number of aromatic nitrogens is 2.